The molecule has 0 saturated heterocycles. The average Bonchev–Trinajstić information content (AvgIpc) is 2.03. The number of hydrogen-bond donors (Lipinski definition) is 2. The van der Waals surface area contributed by atoms with E-state index in [9.17, 15) is 13.9 Å². The predicted octanol–water partition coefficient (Wildman–Crippen LogP) is 1.35. The number of anilines is 1. The van der Waals surface area contributed by atoms with E-state index in [1.54, 1.807) is 6.07 Å². The van der Waals surface area contributed by atoms with E-state index in [1.165, 1.54) is 12.3 Å². The number of aliphatic hydroxyl groups excluding tert-OH is 1. The number of rotatable bonds is 3. The lowest BCUT2D eigenvalue weighted by molar-refractivity contribution is 0.0613. The zero-order chi connectivity index (χ0) is 9.84. The van der Waals surface area contributed by atoms with Crippen LogP contribution < -0.4 is 5.73 Å². The van der Waals surface area contributed by atoms with Crippen LogP contribution in [0.1, 0.15) is 18.1 Å². The number of nitrogen functional groups attached to an aromatic ring is 1. The minimum absolute atomic E-state index is 0.0932. The maximum atomic E-state index is 11.9. The van der Waals surface area contributed by atoms with Crippen LogP contribution in [0, 0.1) is 0 Å². The Bertz CT molecular complexity index is 281. The summed E-state index contributed by atoms with van der Waals surface area (Å²) >= 11 is 0. The van der Waals surface area contributed by atoms with E-state index in [0.717, 1.165) is 0 Å². The van der Waals surface area contributed by atoms with Crippen molar-refractivity contribution in [1.82, 2.24) is 4.98 Å². The lowest BCUT2D eigenvalue weighted by Gasteiger charge is -2.11. The minimum Gasteiger partial charge on any atom is -0.388 e. The van der Waals surface area contributed by atoms with Crippen molar-refractivity contribution in [3.63, 3.8) is 0 Å². The molecule has 5 heteroatoms. The second-order valence-electron chi connectivity index (χ2n) is 2.62. The van der Waals surface area contributed by atoms with Gasteiger partial charge in [0.1, 0.15) is 5.82 Å². The third kappa shape index (κ3) is 2.62. The molecule has 0 saturated carbocycles. The predicted molar refractivity (Wildman–Crippen MR) is 44.2 cm³/mol. The summed E-state index contributed by atoms with van der Waals surface area (Å²) in [7, 11) is 0. The molecule has 1 heterocycles. The molecule has 1 atom stereocenters. The summed E-state index contributed by atoms with van der Waals surface area (Å²) in [6.45, 7) is 0. The Balaban J connectivity index is 2.76. The van der Waals surface area contributed by atoms with Gasteiger partial charge < -0.3 is 10.8 Å². The summed E-state index contributed by atoms with van der Waals surface area (Å²) in [4.78, 5) is 3.68. The number of nitrogens with zero attached hydrogens (tertiary/aromatic N) is 1. The molecule has 13 heavy (non-hydrogen) atoms. The van der Waals surface area contributed by atoms with E-state index < -0.39 is 19.0 Å². The summed E-state index contributed by atoms with van der Waals surface area (Å²) in [5.41, 5.74) is 5.63. The Morgan fingerprint density at radius 2 is 2.23 bits per heavy atom. The van der Waals surface area contributed by atoms with Gasteiger partial charge in [0, 0.05) is 18.2 Å². The molecule has 72 valence electrons. The highest BCUT2D eigenvalue weighted by Crippen LogP contribution is 2.23. The van der Waals surface area contributed by atoms with E-state index in [-0.39, 0.29) is 11.4 Å². The van der Waals surface area contributed by atoms with Gasteiger partial charge in [-0.2, -0.15) is 0 Å². The largest absolute Gasteiger partial charge is 0.388 e. The second kappa shape index (κ2) is 4.13. The fourth-order valence-corrected chi connectivity index (χ4v) is 1.01. The van der Waals surface area contributed by atoms with E-state index >= 15 is 0 Å². The first kappa shape index (κ1) is 9.85. The third-order valence-electron chi connectivity index (χ3n) is 1.63. The van der Waals surface area contributed by atoms with Gasteiger partial charge in [0.15, 0.2) is 0 Å². The van der Waals surface area contributed by atoms with Crippen molar-refractivity contribution in [2.75, 3.05) is 5.73 Å². The zero-order valence-corrected chi connectivity index (χ0v) is 6.82. The van der Waals surface area contributed by atoms with E-state index in [1.807, 2.05) is 0 Å². The lowest BCUT2D eigenvalue weighted by atomic mass is 10.1. The smallest absolute Gasteiger partial charge is 0.241 e. The molecule has 0 bridgehead atoms. The molecule has 1 aromatic rings. The van der Waals surface area contributed by atoms with Crippen molar-refractivity contribution in [2.45, 2.75) is 19.0 Å². The molecule has 1 aromatic heterocycles. The second-order valence-corrected chi connectivity index (χ2v) is 2.62. The highest BCUT2D eigenvalue weighted by molar-refractivity contribution is 5.39. The van der Waals surface area contributed by atoms with Gasteiger partial charge in [-0.1, -0.05) is 6.07 Å². The fraction of sp³-hybridized carbons (Fsp3) is 0.375. The summed E-state index contributed by atoms with van der Waals surface area (Å²) < 4.78 is 23.8. The van der Waals surface area contributed by atoms with Crippen LogP contribution in [0.15, 0.2) is 18.3 Å². The molecule has 1 rings (SSSR count). The molecular weight excluding hydrogens is 178 g/mol. The average molecular weight is 188 g/mol. The number of alkyl halides is 2. The van der Waals surface area contributed by atoms with Crippen LogP contribution >= 0.6 is 0 Å². The molecule has 0 aliphatic heterocycles. The maximum Gasteiger partial charge on any atom is 0.241 e. The van der Waals surface area contributed by atoms with Crippen LogP contribution in [-0.2, 0) is 0 Å². The topological polar surface area (TPSA) is 59.1 Å². The Morgan fingerprint density at radius 1 is 1.54 bits per heavy atom. The molecule has 0 aliphatic rings. The minimum atomic E-state index is -2.55. The van der Waals surface area contributed by atoms with Crippen LogP contribution in [0.3, 0.4) is 0 Å². The van der Waals surface area contributed by atoms with Crippen LogP contribution in [0.25, 0.3) is 0 Å². The van der Waals surface area contributed by atoms with Crippen molar-refractivity contribution < 1.29 is 13.9 Å². The van der Waals surface area contributed by atoms with Gasteiger partial charge in [0.2, 0.25) is 6.43 Å². The van der Waals surface area contributed by atoms with Crippen molar-refractivity contribution in [3.05, 3.63) is 23.9 Å². The Hall–Kier alpha value is -1.23. The number of halogens is 2. The van der Waals surface area contributed by atoms with Gasteiger partial charge in [-0.3, -0.25) is 0 Å². The number of pyridine rings is 1. The highest BCUT2D eigenvalue weighted by atomic mass is 19.3. The van der Waals surface area contributed by atoms with Crippen molar-refractivity contribution in [2.24, 2.45) is 0 Å². The number of nitrogens with two attached hydrogens (primary N) is 1. The van der Waals surface area contributed by atoms with Crippen molar-refractivity contribution in [1.29, 1.82) is 0 Å². The summed E-state index contributed by atoms with van der Waals surface area (Å²) in [6, 6.07) is 3.02. The number of hydrogen-bond acceptors (Lipinski definition) is 3. The molecule has 0 spiro atoms. The van der Waals surface area contributed by atoms with Crippen molar-refractivity contribution in [3.8, 4) is 0 Å². The van der Waals surface area contributed by atoms with Gasteiger partial charge in [-0.15, -0.1) is 0 Å². The summed E-state index contributed by atoms with van der Waals surface area (Å²) in [5, 5.41) is 9.27. The van der Waals surface area contributed by atoms with Crippen LogP contribution in [-0.4, -0.2) is 16.5 Å². The first-order valence-corrected chi connectivity index (χ1v) is 3.78. The molecule has 1 unspecified atom stereocenters. The first-order chi connectivity index (χ1) is 6.11. The monoisotopic (exact) mass is 188 g/mol. The third-order valence-corrected chi connectivity index (χ3v) is 1.63. The highest BCUT2D eigenvalue weighted by Gasteiger charge is 2.16. The Morgan fingerprint density at radius 3 is 2.77 bits per heavy atom. The number of aromatic nitrogens is 1. The van der Waals surface area contributed by atoms with Gasteiger partial charge in [0.25, 0.3) is 0 Å². The van der Waals surface area contributed by atoms with Gasteiger partial charge >= 0.3 is 0 Å². The molecule has 0 fully saturated rings. The lowest BCUT2D eigenvalue weighted by Crippen LogP contribution is -2.07. The van der Waals surface area contributed by atoms with Crippen molar-refractivity contribution >= 4 is 5.82 Å². The van der Waals surface area contributed by atoms with Crippen LogP contribution in [0.5, 0.6) is 0 Å². The quantitative estimate of drug-likeness (QED) is 0.752. The fourth-order valence-electron chi connectivity index (χ4n) is 1.01. The van der Waals surface area contributed by atoms with Gasteiger partial charge in [-0.05, 0) is 6.07 Å². The standard InChI is InChI=1S/C8H10F2N2O/c9-7(10)4-6(13)5-2-1-3-12-8(5)11/h1-3,6-7,13H,4H2,(H2,11,12). The first-order valence-electron chi connectivity index (χ1n) is 3.78. The van der Waals surface area contributed by atoms with E-state index in [2.05, 4.69) is 4.98 Å². The van der Waals surface area contributed by atoms with Crippen LogP contribution in [0.2, 0.25) is 0 Å². The molecule has 3 N–H and O–H groups in total. The number of aliphatic hydroxyl groups is 1. The summed E-state index contributed by atoms with van der Waals surface area (Å²) in [6.07, 6.45) is -2.97. The van der Waals surface area contributed by atoms with E-state index in [0.29, 0.717) is 0 Å². The molecule has 0 radical (unpaired) electrons. The summed E-state index contributed by atoms with van der Waals surface area (Å²) in [5.74, 6) is 0.0932. The Kier molecular flexibility index (Phi) is 3.13. The zero-order valence-electron chi connectivity index (χ0n) is 6.82. The Labute approximate surface area is 74.2 Å². The molecular formula is C8H10F2N2O. The molecule has 3 nitrogen and oxygen atoms in total. The molecule has 0 aliphatic carbocycles. The maximum absolute atomic E-state index is 11.9. The normalized spacial score (nSPS) is 13.2. The van der Waals surface area contributed by atoms with Gasteiger partial charge in [0.05, 0.1) is 6.10 Å². The van der Waals surface area contributed by atoms with Crippen LogP contribution in [0.4, 0.5) is 14.6 Å². The SMILES string of the molecule is Nc1ncccc1C(O)CC(F)F. The molecule has 0 amide bonds. The van der Waals surface area contributed by atoms with Gasteiger partial charge in [-0.25, -0.2) is 13.8 Å². The van der Waals surface area contributed by atoms with E-state index in [4.69, 9.17) is 5.73 Å². The molecule has 0 aromatic carbocycles.